The molecule has 3 aromatic heterocycles. The first kappa shape index (κ1) is 81.9. The molecule has 0 atom stereocenters. The van der Waals surface area contributed by atoms with Gasteiger partial charge in [0.05, 0.1) is 89.6 Å². The summed E-state index contributed by atoms with van der Waals surface area (Å²) in [5.41, 5.74) is 25.7. The van der Waals surface area contributed by atoms with Crippen LogP contribution in [0.2, 0.25) is 15.1 Å². The average Bonchev–Trinajstić information content (AvgIpc) is 1.72. The van der Waals surface area contributed by atoms with Crippen LogP contribution in [0.15, 0.2) is 192 Å². The van der Waals surface area contributed by atoms with Crippen molar-refractivity contribution < 1.29 is 33.4 Å². The molecule has 596 valence electrons. The van der Waals surface area contributed by atoms with Crippen LogP contribution >= 0.6 is 34.8 Å². The van der Waals surface area contributed by atoms with E-state index in [4.69, 9.17) is 49.4 Å². The molecule has 16 nitrogen and oxygen atoms in total. The van der Waals surface area contributed by atoms with E-state index in [2.05, 4.69) is 127 Å². The molecule has 0 saturated heterocycles. The minimum Gasteiger partial charge on any atom is -0.493 e. The number of amides is 1. The number of rotatable bonds is 24. The third-order valence-corrected chi connectivity index (χ3v) is 23.6. The first-order valence-electron chi connectivity index (χ1n) is 40.8. The summed E-state index contributed by atoms with van der Waals surface area (Å²) in [7, 11) is 0. The van der Waals surface area contributed by atoms with Crippen molar-refractivity contribution in [1.82, 2.24) is 34.2 Å². The van der Waals surface area contributed by atoms with Gasteiger partial charge < -0.3 is 14.4 Å². The molecular formula is C97H100Cl3N9O7. The average molecular weight is 1610 g/mol. The largest absolute Gasteiger partial charge is 0.493 e. The highest BCUT2D eigenvalue weighted by Gasteiger charge is 2.26. The molecule has 19 heteroatoms. The lowest BCUT2D eigenvalue weighted by atomic mass is 9.89. The summed E-state index contributed by atoms with van der Waals surface area (Å²) in [4.78, 5) is 64.6. The van der Waals surface area contributed by atoms with Crippen molar-refractivity contribution in [2.75, 3.05) is 19.8 Å². The number of hydrogen-bond donors (Lipinski definition) is 0. The van der Waals surface area contributed by atoms with Crippen LogP contribution in [0.4, 0.5) is 0 Å². The van der Waals surface area contributed by atoms with Crippen molar-refractivity contribution in [3.05, 3.63) is 320 Å². The van der Waals surface area contributed by atoms with Crippen LogP contribution in [-0.2, 0) is 95.2 Å². The molecule has 0 unspecified atom stereocenters. The second-order valence-corrected chi connectivity index (χ2v) is 33.1. The highest BCUT2D eigenvalue weighted by Crippen LogP contribution is 2.33. The van der Waals surface area contributed by atoms with Gasteiger partial charge in [-0.05, 0) is 258 Å². The fourth-order valence-electron chi connectivity index (χ4n) is 15.8. The minimum atomic E-state index is 0.0564. The van der Waals surface area contributed by atoms with Crippen LogP contribution < -0.4 is 9.47 Å². The fraction of sp³-hybridized carbons (Fsp3) is 0.340. The molecule has 0 N–H and O–H groups in total. The number of ether oxygens (including phenoxy) is 2. The summed E-state index contributed by atoms with van der Waals surface area (Å²) in [5, 5.41) is 23.8. The molecule has 116 heavy (non-hydrogen) atoms. The predicted molar refractivity (Wildman–Crippen MR) is 460 cm³/mol. The topological polar surface area (TPSA) is 185 Å². The Morgan fingerprint density at radius 3 is 1.55 bits per heavy atom. The number of fused-ring (bicyclic) bond motifs is 4. The van der Waals surface area contributed by atoms with Crippen molar-refractivity contribution in [3.63, 3.8) is 0 Å². The molecule has 0 radical (unpaired) electrons. The molecule has 2 aliphatic heterocycles. The van der Waals surface area contributed by atoms with E-state index < -0.39 is 0 Å². The van der Waals surface area contributed by atoms with Gasteiger partial charge in [-0.2, -0.15) is 25.5 Å². The number of hydrogen-bond acceptors (Lipinski definition) is 12. The third-order valence-electron chi connectivity index (χ3n) is 22.6. The van der Waals surface area contributed by atoms with Crippen LogP contribution in [0.5, 0.6) is 11.5 Å². The number of halogens is 3. The number of aryl methyl sites for hydroxylation is 10. The van der Waals surface area contributed by atoms with Gasteiger partial charge in [-0.15, -0.1) is 0 Å². The molecule has 0 bridgehead atoms. The van der Waals surface area contributed by atoms with Crippen LogP contribution in [0.1, 0.15) is 213 Å². The Hall–Kier alpha value is -10.7. The second kappa shape index (κ2) is 38.4. The first-order chi connectivity index (χ1) is 56.2. The maximum atomic E-state index is 13.0. The Labute approximate surface area is 695 Å². The van der Waals surface area contributed by atoms with Crippen LogP contribution in [0, 0.1) is 33.6 Å². The highest BCUT2D eigenvalue weighted by molar-refractivity contribution is 6.42. The number of para-hydroxylation sites is 1. The van der Waals surface area contributed by atoms with Gasteiger partial charge in [-0.1, -0.05) is 149 Å². The Morgan fingerprint density at radius 2 is 0.974 bits per heavy atom. The van der Waals surface area contributed by atoms with E-state index in [0.29, 0.717) is 91.3 Å². The van der Waals surface area contributed by atoms with E-state index in [1.165, 1.54) is 101 Å². The van der Waals surface area contributed by atoms with E-state index in [1.807, 2.05) is 99.3 Å². The number of benzene rings is 8. The van der Waals surface area contributed by atoms with Crippen molar-refractivity contribution in [3.8, 4) is 11.5 Å². The zero-order chi connectivity index (χ0) is 80.8. The molecule has 0 spiro atoms. The lowest BCUT2D eigenvalue weighted by Gasteiger charge is -2.28. The van der Waals surface area contributed by atoms with E-state index in [-0.39, 0.29) is 29.0 Å². The van der Waals surface area contributed by atoms with Crippen molar-refractivity contribution >= 4 is 75.3 Å². The van der Waals surface area contributed by atoms with Crippen molar-refractivity contribution in [1.29, 1.82) is 0 Å². The van der Waals surface area contributed by atoms with E-state index in [9.17, 15) is 24.0 Å². The van der Waals surface area contributed by atoms with Crippen LogP contribution in [0.3, 0.4) is 0 Å². The molecule has 11 aromatic rings. The summed E-state index contributed by atoms with van der Waals surface area (Å²) < 4.78 is 17.6. The van der Waals surface area contributed by atoms with E-state index in [1.54, 1.807) is 29.9 Å². The first-order valence-corrected chi connectivity index (χ1v) is 42.0. The number of carbonyl (C=O) groups is 5. The third kappa shape index (κ3) is 22.1. The minimum absolute atomic E-state index is 0.0564. The molecule has 17 rings (SSSR count). The Kier molecular flexibility index (Phi) is 27.1. The van der Waals surface area contributed by atoms with Gasteiger partial charge >= 0.3 is 0 Å². The lowest BCUT2D eigenvalue weighted by Crippen LogP contribution is -2.34. The smallest absolute Gasteiger partial charge is 0.219 e. The molecule has 4 aliphatic carbocycles. The van der Waals surface area contributed by atoms with Gasteiger partial charge in [-0.3, -0.25) is 38.0 Å². The van der Waals surface area contributed by atoms with Gasteiger partial charge in [0.2, 0.25) is 5.91 Å². The summed E-state index contributed by atoms with van der Waals surface area (Å²) in [5.74, 6) is 2.84. The van der Waals surface area contributed by atoms with Gasteiger partial charge in [-0.25, -0.2) is 0 Å². The van der Waals surface area contributed by atoms with Crippen LogP contribution in [0.25, 0.3) is 0 Å². The second-order valence-electron chi connectivity index (χ2n) is 31.9. The normalized spacial score (nSPS) is 14.5. The number of Topliss-reactive ketones (excluding diaryl/α,β-unsaturated/α-hetero) is 4. The monoisotopic (exact) mass is 1610 g/mol. The molecular weight excluding hydrogens is 1510 g/mol. The van der Waals surface area contributed by atoms with E-state index in [0.717, 1.165) is 148 Å². The number of aromatic nitrogens is 6. The predicted octanol–water partition coefficient (Wildman–Crippen LogP) is 20.1. The summed E-state index contributed by atoms with van der Waals surface area (Å²) in [6.07, 6.45) is 22.9. The Morgan fingerprint density at radius 1 is 0.440 bits per heavy atom. The quantitative estimate of drug-likeness (QED) is 0.0527. The molecule has 1 fully saturated rings. The standard InChI is InChI=1S/C28H32N2O2.C24H26N2O.C23H21Cl2N3O2.C22H21ClN2O2/c1-19-7-12-28(32-18-21-8-9-21)25(13-19)17-30-20(2)14-26(29-30)16-27(31)24-11-10-22-5-3-4-6-23(22)15-24;1-17-6-5-7-19(12-17)16-26-18(2)13-23(25-26)15-24(27)22-11-10-20-8-3-4-9-21(20)14-22;1-15(29)27-7-6-18-10-19(3-4-20(18)14-27)23(30)9-17-11-26-28(13-17)12-16-2-5-21(24)22(25)8-16;23-20-7-3-4-8-22(20)27-14-19-12-18(24-25-19)13-21(26)17-10-9-15-5-1-2-6-16(15)11-17/h7,10-15,21H,3-6,8-9,16-18H2,1-2H3;5-7,10-14H,3-4,8-9,15-16H2,1-2H3;2-5,8,10-11,13H,6-7,9,12,14H2,1H3;3-4,7-11H,1-2,5-6,12-14H2. The highest BCUT2D eigenvalue weighted by atomic mass is 35.5. The van der Waals surface area contributed by atoms with Crippen LogP contribution in [-0.4, -0.2) is 94.5 Å². The number of carbonyl (C=O) groups excluding carboxylic acids is 5. The van der Waals surface area contributed by atoms with Gasteiger partial charge in [0, 0.05) is 78.3 Å². The summed E-state index contributed by atoms with van der Waals surface area (Å²) >= 11 is 18.1. The Bertz CT molecular complexity index is 5530. The molecule has 8 aromatic carbocycles. The number of ketones is 4. The fourth-order valence-corrected chi connectivity index (χ4v) is 16.4. The lowest BCUT2D eigenvalue weighted by molar-refractivity contribution is -0.129. The molecule has 5 heterocycles. The maximum Gasteiger partial charge on any atom is 0.219 e. The van der Waals surface area contributed by atoms with Gasteiger partial charge in [0.25, 0.3) is 0 Å². The van der Waals surface area contributed by atoms with Gasteiger partial charge in [0.1, 0.15) is 18.1 Å². The SMILES string of the molecule is CC(=O)N1CCc2cc(C(=O)Cc3cnn(Cc4ccc(Cl)c(Cl)c4)c3)ccc2C1.Cc1ccc(OCC2CC2)c(Cn2nc(CC(=O)c3ccc4c(c3)CCCC4)cc2C)c1.Cc1cccc(Cn2nc(CC(=O)c3ccc4c(c3)CCCC4)cc2C)c1.O=C(CC1=NN=C(COc2ccccc2Cl)C1)c1ccc2c(c1)CCCC2. The van der Waals surface area contributed by atoms with E-state index >= 15 is 0 Å². The molecule has 1 saturated carbocycles. The Balaban J connectivity index is 0.000000128. The zero-order valence-electron chi connectivity index (χ0n) is 67.0. The van der Waals surface area contributed by atoms with Crippen molar-refractivity contribution in [2.45, 2.75) is 189 Å². The van der Waals surface area contributed by atoms with Crippen molar-refractivity contribution in [2.24, 2.45) is 16.1 Å². The number of nitrogens with zero attached hydrogens (tertiary/aromatic N) is 9. The summed E-state index contributed by atoms with van der Waals surface area (Å²) in [6, 6.07) is 56.1. The summed E-state index contributed by atoms with van der Waals surface area (Å²) in [6.45, 7) is 14.3. The maximum absolute atomic E-state index is 13.0. The zero-order valence-corrected chi connectivity index (χ0v) is 69.3. The molecule has 1 amide bonds. The molecule has 6 aliphatic rings. The van der Waals surface area contributed by atoms with Gasteiger partial charge in [0.15, 0.2) is 23.1 Å².